The van der Waals surface area contributed by atoms with E-state index in [1.807, 2.05) is 36.7 Å². The number of hydrogen-bond acceptors (Lipinski definition) is 2. The Hall–Kier alpha value is -1.84. The minimum Gasteiger partial charge on any atom is -0.342 e. The molecule has 0 radical (unpaired) electrons. The van der Waals surface area contributed by atoms with Gasteiger partial charge in [-0.1, -0.05) is 20.3 Å². The number of amides is 1. The first-order valence-electron chi connectivity index (χ1n) is 7.31. The molecule has 0 bridgehead atoms. The number of pyridine rings is 1. The van der Waals surface area contributed by atoms with Crippen molar-refractivity contribution in [3.05, 3.63) is 35.3 Å². The number of carbonyl (C=O) groups excluding carboxylic acids is 1. The van der Waals surface area contributed by atoms with Crippen molar-refractivity contribution in [3.63, 3.8) is 0 Å². The van der Waals surface area contributed by atoms with Crippen molar-refractivity contribution in [1.82, 2.24) is 14.3 Å². The van der Waals surface area contributed by atoms with Crippen LogP contribution in [0.1, 0.15) is 48.4 Å². The lowest BCUT2D eigenvalue weighted by molar-refractivity contribution is 0.0793. The van der Waals surface area contributed by atoms with Gasteiger partial charge in [-0.2, -0.15) is 0 Å². The molecule has 1 amide bonds. The van der Waals surface area contributed by atoms with Crippen molar-refractivity contribution in [2.24, 2.45) is 0 Å². The molecule has 4 heteroatoms. The quantitative estimate of drug-likeness (QED) is 0.839. The Labute approximate surface area is 120 Å². The van der Waals surface area contributed by atoms with Crippen LogP contribution in [0.4, 0.5) is 0 Å². The third-order valence-electron chi connectivity index (χ3n) is 3.73. The van der Waals surface area contributed by atoms with Gasteiger partial charge in [-0.3, -0.25) is 4.79 Å². The van der Waals surface area contributed by atoms with E-state index in [1.54, 1.807) is 4.90 Å². The van der Waals surface area contributed by atoms with E-state index in [2.05, 4.69) is 18.8 Å². The molecule has 20 heavy (non-hydrogen) atoms. The molecular formula is C16H23N3O. The van der Waals surface area contributed by atoms with Crippen molar-refractivity contribution >= 4 is 11.6 Å². The molecule has 0 aromatic carbocycles. The number of nitrogens with zero attached hydrogens (tertiary/aromatic N) is 3. The monoisotopic (exact) mass is 273 g/mol. The molecule has 2 aromatic heterocycles. The lowest BCUT2D eigenvalue weighted by Gasteiger charge is -2.16. The van der Waals surface area contributed by atoms with Gasteiger partial charge in [0.2, 0.25) is 0 Å². The topological polar surface area (TPSA) is 37.6 Å². The predicted octanol–water partition coefficient (Wildman–Crippen LogP) is 3.08. The van der Waals surface area contributed by atoms with Crippen LogP contribution < -0.4 is 0 Å². The van der Waals surface area contributed by atoms with Crippen LogP contribution >= 0.6 is 0 Å². The average Bonchev–Trinajstić information content (AvgIpc) is 2.79. The number of fused-ring (bicyclic) bond motifs is 1. The fourth-order valence-corrected chi connectivity index (χ4v) is 2.39. The molecule has 0 aliphatic heterocycles. The van der Waals surface area contributed by atoms with Gasteiger partial charge in [-0.15, -0.1) is 0 Å². The summed E-state index contributed by atoms with van der Waals surface area (Å²) in [5.74, 6) is 0.0755. The van der Waals surface area contributed by atoms with Crippen LogP contribution in [0.5, 0.6) is 0 Å². The lowest BCUT2D eigenvalue weighted by atomic mass is 10.2. The highest BCUT2D eigenvalue weighted by Crippen LogP contribution is 2.15. The van der Waals surface area contributed by atoms with Crippen LogP contribution in [0.15, 0.2) is 18.3 Å². The standard InChI is InChI=1S/C16H23N3O/c1-5-7-10-18(4)16(20)13-8-9-15-17-14(6-2)12(3)19(15)11-13/h8-9,11H,5-7,10H2,1-4H3. The molecule has 108 valence electrons. The first-order valence-corrected chi connectivity index (χ1v) is 7.31. The summed E-state index contributed by atoms with van der Waals surface area (Å²) in [5, 5.41) is 0. The highest BCUT2D eigenvalue weighted by Gasteiger charge is 2.13. The number of unbranched alkanes of at least 4 members (excludes halogenated alkanes) is 1. The van der Waals surface area contributed by atoms with Gasteiger partial charge in [0.1, 0.15) is 5.65 Å². The van der Waals surface area contributed by atoms with Gasteiger partial charge in [-0.25, -0.2) is 4.98 Å². The maximum absolute atomic E-state index is 12.4. The Bertz CT molecular complexity index is 615. The smallest absolute Gasteiger partial charge is 0.255 e. The molecule has 0 spiro atoms. The SMILES string of the molecule is CCCCN(C)C(=O)c1ccc2nc(CC)c(C)n2c1. The van der Waals surface area contributed by atoms with E-state index in [-0.39, 0.29) is 5.91 Å². The molecule has 4 nitrogen and oxygen atoms in total. The van der Waals surface area contributed by atoms with Crippen LogP contribution in [0.25, 0.3) is 5.65 Å². The maximum atomic E-state index is 12.4. The predicted molar refractivity (Wildman–Crippen MR) is 81.2 cm³/mol. The lowest BCUT2D eigenvalue weighted by Crippen LogP contribution is -2.27. The van der Waals surface area contributed by atoms with E-state index < -0.39 is 0 Å². The molecule has 0 atom stereocenters. The van der Waals surface area contributed by atoms with E-state index in [4.69, 9.17) is 0 Å². The molecule has 0 aliphatic rings. The second-order valence-electron chi connectivity index (χ2n) is 5.22. The number of imidazole rings is 1. The zero-order valence-electron chi connectivity index (χ0n) is 12.8. The van der Waals surface area contributed by atoms with Crippen LogP contribution in [0.2, 0.25) is 0 Å². The molecule has 2 aromatic rings. The number of aromatic nitrogens is 2. The first kappa shape index (κ1) is 14.6. The highest BCUT2D eigenvalue weighted by atomic mass is 16.2. The van der Waals surface area contributed by atoms with Crippen molar-refractivity contribution in [2.45, 2.75) is 40.0 Å². The Kier molecular flexibility index (Phi) is 4.42. The number of aryl methyl sites for hydroxylation is 2. The molecule has 0 N–H and O–H groups in total. The van der Waals surface area contributed by atoms with E-state index >= 15 is 0 Å². The summed E-state index contributed by atoms with van der Waals surface area (Å²) >= 11 is 0. The van der Waals surface area contributed by atoms with Gasteiger partial charge in [-0.05, 0) is 31.9 Å². The van der Waals surface area contributed by atoms with Crippen molar-refractivity contribution in [2.75, 3.05) is 13.6 Å². The summed E-state index contributed by atoms with van der Waals surface area (Å²) in [7, 11) is 1.86. The number of carbonyl (C=O) groups is 1. The van der Waals surface area contributed by atoms with Gasteiger partial charge in [0.15, 0.2) is 0 Å². The third-order valence-corrected chi connectivity index (χ3v) is 3.73. The van der Waals surface area contributed by atoms with Crippen molar-refractivity contribution in [3.8, 4) is 0 Å². The number of rotatable bonds is 5. The molecule has 2 heterocycles. The summed E-state index contributed by atoms with van der Waals surface area (Å²) in [4.78, 5) is 18.7. The zero-order chi connectivity index (χ0) is 14.7. The van der Waals surface area contributed by atoms with Gasteiger partial charge >= 0.3 is 0 Å². The Morgan fingerprint density at radius 3 is 2.75 bits per heavy atom. The van der Waals surface area contributed by atoms with Gasteiger partial charge < -0.3 is 9.30 Å². The number of hydrogen-bond donors (Lipinski definition) is 0. The summed E-state index contributed by atoms with van der Waals surface area (Å²) in [5.41, 5.74) is 3.84. The van der Waals surface area contributed by atoms with E-state index in [0.717, 1.165) is 48.4 Å². The van der Waals surface area contributed by atoms with E-state index in [1.165, 1.54) is 0 Å². The molecule has 0 aliphatic carbocycles. The second-order valence-corrected chi connectivity index (χ2v) is 5.22. The zero-order valence-corrected chi connectivity index (χ0v) is 12.8. The fraction of sp³-hybridized carbons (Fsp3) is 0.500. The van der Waals surface area contributed by atoms with Crippen molar-refractivity contribution in [1.29, 1.82) is 0 Å². The summed E-state index contributed by atoms with van der Waals surface area (Å²) in [6, 6.07) is 3.79. The summed E-state index contributed by atoms with van der Waals surface area (Å²) < 4.78 is 2.01. The molecule has 2 rings (SSSR count). The molecule has 0 saturated carbocycles. The van der Waals surface area contributed by atoms with Crippen LogP contribution in [0, 0.1) is 6.92 Å². The van der Waals surface area contributed by atoms with Gasteiger partial charge in [0, 0.05) is 25.5 Å². The van der Waals surface area contributed by atoms with Crippen LogP contribution in [0.3, 0.4) is 0 Å². The Morgan fingerprint density at radius 1 is 1.35 bits per heavy atom. The maximum Gasteiger partial charge on any atom is 0.255 e. The summed E-state index contributed by atoms with van der Waals surface area (Å²) in [6.45, 7) is 7.08. The second kappa shape index (κ2) is 6.07. The fourth-order valence-electron chi connectivity index (χ4n) is 2.39. The van der Waals surface area contributed by atoms with Crippen molar-refractivity contribution < 1.29 is 4.79 Å². The van der Waals surface area contributed by atoms with E-state index in [0.29, 0.717) is 0 Å². The van der Waals surface area contributed by atoms with Crippen LogP contribution in [-0.4, -0.2) is 33.8 Å². The molecule has 0 fully saturated rings. The largest absolute Gasteiger partial charge is 0.342 e. The Morgan fingerprint density at radius 2 is 2.10 bits per heavy atom. The molecule has 0 unspecified atom stereocenters. The first-order chi connectivity index (χ1) is 9.58. The summed E-state index contributed by atoms with van der Waals surface area (Å²) in [6.07, 6.45) is 4.94. The van der Waals surface area contributed by atoms with Crippen LogP contribution in [-0.2, 0) is 6.42 Å². The minimum atomic E-state index is 0.0755. The third kappa shape index (κ3) is 2.69. The highest BCUT2D eigenvalue weighted by molar-refractivity contribution is 5.94. The van der Waals surface area contributed by atoms with Gasteiger partial charge in [0.25, 0.3) is 5.91 Å². The Balaban J connectivity index is 2.31. The molecule has 0 saturated heterocycles. The van der Waals surface area contributed by atoms with E-state index in [9.17, 15) is 4.79 Å². The minimum absolute atomic E-state index is 0.0755. The average molecular weight is 273 g/mol. The van der Waals surface area contributed by atoms with Gasteiger partial charge in [0.05, 0.1) is 11.3 Å². The molecular weight excluding hydrogens is 250 g/mol. The normalized spacial score (nSPS) is 11.0.